The number of hydrogen-bond acceptors (Lipinski definition) is 4. The maximum Gasteiger partial charge on any atom is 0.159 e. The van der Waals surface area contributed by atoms with Crippen LogP contribution in [0.25, 0.3) is 11.2 Å². The van der Waals surface area contributed by atoms with Gasteiger partial charge >= 0.3 is 0 Å². The van der Waals surface area contributed by atoms with Crippen LogP contribution >= 0.6 is 0 Å². The second kappa shape index (κ2) is 6.57. The van der Waals surface area contributed by atoms with Gasteiger partial charge in [0, 0.05) is 38.9 Å². The van der Waals surface area contributed by atoms with Crippen LogP contribution in [0.15, 0.2) is 18.3 Å². The van der Waals surface area contributed by atoms with E-state index in [1.54, 1.807) is 0 Å². The van der Waals surface area contributed by atoms with Crippen LogP contribution in [-0.2, 0) is 17.7 Å². The van der Waals surface area contributed by atoms with E-state index < -0.39 is 0 Å². The molecule has 0 saturated carbocycles. The lowest BCUT2D eigenvalue weighted by Crippen LogP contribution is -2.34. The molecule has 2 aromatic rings. The molecule has 2 aromatic heterocycles. The van der Waals surface area contributed by atoms with Gasteiger partial charge in [-0.25, -0.2) is 9.97 Å². The van der Waals surface area contributed by atoms with Gasteiger partial charge in [0.15, 0.2) is 5.65 Å². The third-order valence-corrected chi connectivity index (χ3v) is 5.24. The summed E-state index contributed by atoms with van der Waals surface area (Å²) in [4.78, 5) is 12.0. The molecule has 2 aliphatic rings. The van der Waals surface area contributed by atoms with Gasteiger partial charge in [-0.2, -0.15) is 0 Å². The first-order chi connectivity index (χ1) is 11.3. The molecule has 4 rings (SSSR count). The first-order valence-electron chi connectivity index (χ1n) is 8.86. The fraction of sp³-hybridized carbons (Fsp3) is 0.667. The zero-order chi connectivity index (χ0) is 15.6. The highest BCUT2D eigenvalue weighted by molar-refractivity contribution is 5.71. The number of likely N-dealkylation sites (tertiary alicyclic amines) is 1. The standard InChI is InChI=1S/C18H26N4O/c1-21-8-3-4-15(11-21)12-22-17(10-14-6-9-23-13-14)20-16-5-2-7-19-18(16)22/h2,5,7,14-15H,3-4,6,8-13H2,1H3. The summed E-state index contributed by atoms with van der Waals surface area (Å²) in [6.45, 7) is 5.23. The topological polar surface area (TPSA) is 43.2 Å². The fourth-order valence-corrected chi connectivity index (χ4v) is 4.04. The number of rotatable bonds is 4. The Kier molecular flexibility index (Phi) is 4.31. The third kappa shape index (κ3) is 3.26. The van der Waals surface area contributed by atoms with E-state index in [1.165, 1.54) is 31.8 Å². The molecule has 2 atom stereocenters. The predicted octanol–water partition coefficient (Wildman–Crippen LogP) is 2.35. The summed E-state index contributed by atoms with van der Waals surface area (Å²) in [5, 5.41) is 0. The molecule has 2 fully saturated rings. The van der Waals surface area contributed by atoms with Crippen LogP contribution in [0.3, 0.4) is 0 Å². The summed E-state index contributed by atoms with van der Waals surface area (Å²) in [6.07, 6.45) is 6.66. The average molecular weight is 314 g/mol. The molecule has 2 unspecified atom stereocenters. The van der Waals surface area contributed by atoms with Gasteiger partial charge in [0.25, 0.3) is 0 Å². The van der Waals surface area contributed by atoms with Crippen molar-refractivity contribution in [3.63, 3.8) is 0 Å². The second-order valence-corrected chi connectivity index (χ2v) is 7.19. The molecule has 5 heteroatoms. The SMILES string of the molecule is CN1CCCC(Cn2c(CC3CCOC3)nc3cccnc32)C1. The van der Waals surface area contributed by atoms with Crippen molar-refractivity contribution in [3.8, 4) is 0 Å². The summed E-state index contributed by atoms with van der Waals surface area (Å²) < 4.78 is 7.93. The quantitative estimate of drug-likeness (QED) is 0.869. The van der Waals surface area contributed by atoms with Crippen LogP contribution in [0, 0.1) is 11.8 Å². The monoisotopic (exact) mass is 314 g/mol. The smallest absolute Gasteiger partial charge is 0.159 e. The van der Waals surface area contributed by atoms with Gasteiger partial charge in [-0.1, -0.05) is 0 Å². The maximum absolute atomic E-state index is 5.55. The Morgan fingerprint density at radius 3 is 3.09 bits per heavy atom. The number of fused-ring (bicyclic) bond motifs is 1. The highest BCUT2D eigenvalue weighted by Gasteiger charge is 2.23. The van der Waals surface area contributed by atoms with Crippen LogP contribution in [0.1, 0.15) is 25.1 Å². The van der Waals surface area contributed by atoms with Gasteiger partial charge in [-0.05, 0) is 56.8 Å². The molecule has 0 amide bonds. The van der Waals surface area contributed by atoms with Crippen LogP contribution in [-0.4, -0.2) is 52.8 Å². The Labute approximate surface area is 137 Å². The summed E-state index contributed by atoms with van der Waals surface area (Å²) in [7, 11) is 2.23. The molecule has 124 valence electrons. The molecule has 0 spiro atoms. The highest BCUT2D eigenvalue weighted by atomic mass is 16.5. The van der Waals surface area contributed by atoms with Gasteiger partial charge in [-0.15, -0.1) is 0 Å². The summed E-state index contributed by atoms with van der Waals surface area (Å²) in [5.74, 6) is 2.51. The van der Waals surface area contributed by atoms with E-state index >= 15 is 0 Å². The molecule has 2 aliphatic heterocycles. The normalized spacial score (nSPS) is 26.1. The second-order valence-electron chi connectivity index (χ2n) is 7.19. The lowest BCUT2D eigenvalue weighted by Gasteiger charge is -2.30. The molecule has 2 saturated heterocycles. The number of nitrogens with zero attached hydrogens (tertiary/aromatic N) is 4. The number of imidazole rings is 1. The molecule has 0 bridgehead atoms. The molecule has 0 aliphatic carbocycles. The largest absolute Gasteiger partial charge is 0.381 e. The van der Waals surface area contributed by atoms with Crippen LogP contribution in [0.5, 0.6) is 0 Å². The van der Waals surface area contributed by atoms with Crippen molar-refractivity contribution >= 4 is 11.2 Å². The number of aromatic nitrogens is 3. The molecule has 4 heterocycles. The van der Waals surface area contributed by atoms with E-state index in [-0.39, 0.29) is 0 Å². The van der Waals surface area contributed by atoms with Crippen LogP contribution in [0.2, 0.25) is 0 Å². The number of hydrogen-bond donors (Lipinski definition) is 0. The zero-order valence-electron chi connectivity index (χ0n) is 13.9. The van der Waals surface area contributed by atoms with E-state index in [9.17, 15) is 0 Å². The molecular formula is C18H26N4O. The minimum Gasteiger partial charge on any atom is -0.381 e. The third-order valence-electron chi connectivity index (χ3n) is 5.24. The van der Waals surface area contributed by atoms with Crippen molar-refractivity contribution in [1.29, 1.82) is 0 Å². The van der Waals surface area contributed by atoms with E-state index in [1.807, 2.05) is 12.3 Å². The Bertz CT molecular complexity index is 662. The van der Waals surface area contributed by atoms with E-state index in [4.69, 9.17) is 9.72 Å². The van der Waals surface area contributed by atoms with Gasteiger partial charge in [0.1, 0.15) is 11.3 Å². The van der Waals surface area contributed by atoms with Gasteiger partial charge in [-0.3, -0.25) is 0 Å². The van der Waals surface area contributed by atoms with Crippen LogP contribution in [0.4, 0.5) is 0 Å². The Morgan fingerprint density at radius 2 is 2.26 bits per heavy atom. The Morgan fingerprint density at radius 1 is 1.30 bits per heavy atom. The maximum atomic E-state index is 5.55. The number of piperidine rings is 1. The lowest BCUT2D eigenvalue weighted by molar-refractivity contribution is 0.184. The molecule has 23 heavy (non-hydrogen) atoms. The summed E-state index contributed by atoms with van der Waals surface area (Å²) in [5.41, 5.74) is 2.08. The lowest BCUT2D eigenvalue weighted by atomic mass is 9.98. The minimum atomic E-state index is 0.611. The van der Waals surface area contributed by atoms with Crippen molar-refractivity contribution < 1.29 is 4.74 Å². The fourth-order valence-electron chi connectivity index (χ4n) is 4.04. The van der Waals surface area contributed by atoms with Crippen molar-refractivity contribution in [3.05, 3.63) is 24.2 Å². The van der Waals surface area contributed by atoms with Crippen molar-refractivity contribution in [2.24, 2.45) is 11.8 Å². The molecule has 0 N–H and O–H groups in total. The minimum absolute atomic E-state index is 0.611. The summed E-state index contributed by atoms with van der Waals surface area (Å²) >= 11 is 0. The first-order valence-corrected chi connectivity index (χ1v) is 8.86. The zero-order valence-corrected chi connectivity index (χ0v) is 13.9. The van der Waals surface area contributed by atoms with Gasteiger partial charge in [0.05, 0.1) is 0 Å². The number of pyridine rings is 1. The molecule has 0 aromatic carbocycles. The molecular weight excluding hydrogens is 288 g/mol. The summed E-state index contributed by atoms with van der Waals surface area (Å²) in [6, 6.07) is 4.07. The first kappa shape index (κ1) is 15.1. The highest BCUT2D eigenvalue weighted by Crippen LogP contribution is 2.24. The Balaban J connectivity index is 1.61. The van der Waals surface area contributed by atoms with Gasteiger partial charge < -0.3 is 14.2 Å². The average Bonchev–Trinajstić information content (AvgIpc) is 3.17. The van der Waals surface area contributed by atoms with Crippen molar-refractivity contribution in [2.75, 3.05) is 33.4 Å². The molecule has 5 nitrogen and oxygen atoms in total. The van der Waals surface area contributed by atoms with Crippen LogP contribution < -0.4 is 0 Å². The Hall–Kier alpha value is -1.46. The van der Waals surface area contributed by atoms with E-state index in [0.29, 0.717) is 11.8 Å². The number of ether oxygens (including phenoxy) is 1. The van der Waals surface area contributed by atoms with Crippen molar-refractivity contribution in [1.82, 2.24) is 19.4 Å². The van der Waals surface area contributed by atoms with E-state index in [2.05, 4.69) is 27.6 Å². The van der Waals surface area contributed by atoms with Crippen molar-refractivity contribution in [2.45, 2.75) is 32.2 Å². The predicted molar refractivity (Wildman–Crippen MR) is 90.4 cm³/mol. The molecule has 0 radical (unpaired) electrons. The van der Waals surface area contributed by atoms with Gasteiger partial charge in [0.2, 0.25) is 0 Å². The van der Waals surface area contributed by atoms with E-state index in [0.717, 1.165) is 43.8 Å².